The number of aromatic nitrogens is 1. The number of thiazole rings is 1. The van der Waals surface area contributed by atoms with Crippen LogP contribution >= 0.6 is 11.3 Å². The van der Waals surface area contributed by atoms with Gasteiger partial charge in [0.25, 0.3) is 11.2 Å². The van der Waals surface area contributed by atoms with E-state index in [4.69, 9.17) is 23.7 Å². The number of para-hydroxylation sites is 1. The Labute approximate surface area is 280 Å². The first-order chi connectivity index (χ1) is 23.2. The molecular formula is C35H35N3O9S. The number of nitro benzene ring substituents is 1. The van der Waals surface area contributed by atoms with Crippen LogP contribution in [0.2, 0.25) is 0 Å². The van der Waals surface area contributed by atoms with Gasteiger partial charge >= 0.3 is 5.97 Å². The fraction of sp³-hybridized carbons (Fsp3) is 0.286. The Balaban J connectivity index is 1.57. The molecule has 4 aromatic rings. The number of rotatable bonds is 13. The lowest BCUT2D eigenvalue weighted by atomic mass is 9.94. The third-order valence-corrected chi connectivity index (χ3v) is 8.42. The van der Waals surface area contributed by atoms with Crippen LogP contribution in [0.5, 0.6) is 23.0 Å². The highest BCUT2D eigenvalue weighted by molar-refractivity contribution is 7.07. The van der Waals surface area contributed by atoms with Crippen molar-refractivity contribution in [2.45, 2.75) is 40.3 Å². The van der Waals surface area contributed by atoms with Gasteiger partial charge in [-0.05, 0) is 75.2 Å². The van der Waals surface area contributed by atoms with E-state index in [1.165, 1.54) is 35.1 Å². The van der Waals surface area contributed by atoms with Crippen LogP contribution in [-0.4, -0.2) is 42.4 Å². The number of non-ortho nitro benzene ring substituents is 1. The first-order valence-corrected chi connectivity index (χ1v) is 16.1. The summed E-state index contributed by atoms with van der Waals surface area (Å²) in [7, 11) is 1.53. The van der Waals surface area contributed by atoms with E-state index >= 15 is 0 Å². The van der Waals surface area contributed by atoms with Gasteiger partial charge < -0.3 is 23.7 Å². The summed E-state index contributed by atoms with van der Waals surface area (Å²) in [6, 6.07) is 15.9. The third kappa shape index (κ3) is 6.95. The van der Waals surface area contributed by atoms with E-state index in [0.29, 0.717) is 62.4 Å². The normalized spacial score (nSPS) is 14.2. The number of ether oxygens (including phenoxy) is 5. The highest BCUT2D eigenvalue weighted by Gasteiger charge is 2.36. The summed E-state index contributed by atoms with van der Waals surface area (Å²) >= 11 is 1.20. The number of methoxy groups -OCH3 is 1. The van der Waals surface area contributed by atoms with Gasteiger partial charge in [0.1, 0.15) is 12.6 Å². The molecule has 5 rings (SSSR count). The van der Waals surface area contributed by atoms with E-state index in [2.05, 4.69) is 4.99 Å². The number of carbonyl (C=O) groups excluding carboxylic acids is 1. The van der Waals surface area contributed by atoms with E-state index in [0.717, 1.165) is 5.56 Å². The molecule has 0 saturated heterocycles. The summed E-state index contributed by atoms with van der Waals surface area (Å²) in [5.41, 5.74) is 2.32. The van der Waals surface area contributed by atoms with Crippen molar-refractivity contribution >= 4 is 29.1 Å². The number of hydrogen-bond acceptors (Lipinski definition) is 11. The zero-order chi connectivity index (χ0) is 34.4. The lowest BCUT2D eigenvalue weighted by molar-refractivity contribution is -0.384. The first-order valence-electron chi connectivity index (χ1n) is 15.3. The summed E-state index contributed by atoms with van der Waals surface area (Å²) in [4.78, 5) is 43.2. The molecule has 0 bridgehead atoms. The quantitative estimate of drug-likeness (QED) is 0.108. The molecule has 3 aromatic carbocycles. The minimum absolute atomic E-state index is 0.000199. The fourth-order valence-electron chi connectivity index (χ4n) is 5.32. The molecule has 2 heterocycles. The highest BCUT2D eigenvalue weighted by Crippen LogP contribution is 2.41. The lowest BCUT2D eigenvalue weighted by Crippen LogP contribution is -2.40. The third-order valence-electron chi connectivity index (χ3n) is 7.44. The lowest BCUT2D eigenvalue weighted by Gasteiger charge is -2.26. The Kier molecular flexibility index (Phi) is 10.6. The number of fused-ring (bicyclic) bond motifs is 1. The van der Waals surface area contributed by atoms with Crippen LogP contribution < -0.4 is 33.8 Å². The van der Waals surface area contributed by atoms with E-state index in [1.807, 2.05) is 13.8 Å². The summed E-state index contributed by atoms with van der Waals surface area (Å²) < 4.78 is 30.7. The van der Waals surface area contributed by atoms with Crippen molar-refractivity contribution < 1.29 is 33.4 Å². The largest absolute Gasteiger partial charge is 0.493 e. The van der Waals surface area contributed by atoms with Crippen molar-refractivity contribution in [3.63, 3.8) is 0 Å². The topological polar surface area (TPSA) is 141 Å². The minimum Gasteiger partial charge on any atom is -0.493 e. The van der Waals surface area contributed by atoms with Gasteiger partial charge in [-0.25, -0.2) is 9.79 Å². The summed E-state index contributed by atoms with van der Waals surface area (Å²) in [6.07, 6.45) is 1.74. The zero-order valence-corrected chi connectivity index (χ0v) is 28.0. The van der Waals surface area contributed by atoms with E-state index < -0.39 is 16.9 Å². The van der Waals surface area contributed by atoms with Gasteiger partial charge in [0, 0.05) is 17.7 Å². The molecule has 13 heteroatoms. The molecular weight excluding hydrogens is 638 g/mol. The van der Waals surface area contributed by atoms with Crippen LogP contribution in [-0.2, 0) is 16.1 Å². The van der Waals surface area contributed by atoms with Gasteiger partial charge in [0.05, 0.1) is 47.7 Å². The molecule has 250 valence electrons. The Morgan fingerprint density at radius 2 is 1.73 bits per heavy atom. The second-order valence-electron chi connectivity index (χ2n) is 10.5. The molecule has 48 heavy (non-hydrogen) atoms. The number of esters is 1. The molecule has 0 N–H and O–H groups in total. The number of carbonyl (C=O) groups is 1. The summed E-state index contributed by atoms with van der Waals surface area (Å²) in [5.74, 6) is 1.26. The van der Waals surface area contributed by atoms with Gasteiger partial charge in [-0.3, -0.25) is 19.5 Å². The van der Waals surface area contributed by atoms with Crippen molar-refractivity contribution in [2.75, 3.05) is 26.9 Å². The second kappa shape index (κ2) is 15.0. The van der Waals surface area contributed by atoms with Crippen molar-refractivity contribution in [1.82, 2.24) is 4.57 Å². The zero-order valence-electron chi connectivity index (χ0n) is 27.2. The Hall–Kier alpha value is -5.43. The highest BCUT2D eigenvalue weighted by atomic mass is 32.1. The molecule has 0 amide bonds. The van der Waals surface area contributed by atoms with E-state index in [9.17, 15) is 19.7 Å². The molecule has 0 unspecified atom stereocenters. The van der Waals surface area contributed by atoms with Crippen LogP contribution in [0.25, 0.3) is 6.08 Å². The fourth-order valence-corrected chi connectivity index (χ4v) is 6.37. The van der Waals surface area contributed by atoms with Crippen LogP contribution in [0.3, 0.4) is 0 Å². The number of nitrogens with zero attached hydrogens (tertiary/aromatic N) is 3. The van der Waals surface area contributed by atoms with Gasteiger partial charge in [-0.1, -0.05) is 29.5 Å². The van der Waals surface area contributed by atoms with Gasteiger partial charge in [0.2, 0.25) is 0 Å². The second-order valence-corrected chi connectivity index (χ2v) is 11.5. The number of allylic oxidation sites excluding steroid dienone is 1. The molecule has 0 fully saturated rings. The molecule has 1 aromatic heterocycles. The van der Waals surface area contributed by atoms with Crippen molar-refractivity contribution in [2.24, 2.45) is 4.99 Å². The predicted molar refractivity (Wildman–Crippen MR) is 180 cm³/mol. The Morgan fingerprint density at radius 3 is 2.40 bits per heavy atom. The van der Waals surface area contributed by atoms with Gasteiger partial charge in [0.15, 0.2) is 27.8 Å². The molecule has 0 radical (unpaired) electrons. The molecule has 1 atom stereocenters. The molecule has 1 aliphatic heterocycles. The SMILES string of the molecule is CCOC(=O)C1=C(C)N=c2s/c(=C/c3ccc(OCc4ccc([N+](=O)[O-])cc4)c(OCC)c3)c(=O)n2[C@@H]1c1cccc(OC)c1OCC. The maximum atomic E-state index is 14.2. The van der Waals surface area contributed by atoms with Gasteiger partial charge in [-0.2, -0.15) is 0 Å². The molecule has 1 aliphatic rings. The Morgan fingerprint density at radius 1 is 0.979 bits per heavy atom. The van der Waals surface area contributed by atoms with Crippen LogP contribution in [0.4, 0.5) is 5.69 Å². The summed E-state index contributed by atoms with van der Waals surface area (Å²) in [5, 5.41) is 11.0. The average Bonchev–Trinajstić information content (AvgIpc) is 3.38. The predicted octanol–water partition coefficient (Wildman–Crippen LogP) is 5.09. The van der Waals surface area contributed by atoms with Crippen LogP contribution in [0, 0.1) is 10.1 Å². The Bertz CT molecular complexity index is 2050. The molecule has 0 saturated carbocycles. The summed E-state index contributed by atoms with van der Waals surface area (Å²) in [6.45, 7) is 8.17. The van der Waals surface area contributed by atoms with Crippen LogP contribution in [0.1, 0.15) is 50.4 Å². The van der Waals surface area contributed by atoms with E-state index in [1.54, 1.807) is 68.5 Å². The average molecular weight is 674 g/mol. The number of nitro groups is 1. The molecule has 0 aliphatic carbocycles. The maximum Gasteiger partial charge on any atom is 0.338 e. The van der Waals surface area contributed by atoms with Crippen molar-refractivity contribution in [1.29, 1.82) is 0 Å². The van der Waals surface area contributed by atoms with Crippen molar-refractivity contribution in [3.05, 3.63) is 118 Å². The minimum atomic E-state index is -0.881. The monoisotopic (exact) mass is 673 g/mol. The smallest absolute Gasteiger partial charge is 0.338 e. The number of hydrogen-bond donors (Lipinski definition) is 0. The van der Waals surface area contributed by atoms with E-state index in [-0.39, 0.29) is 30.0 Å². The molecule has 12 nitrogen and oxygen atoms in total. The first kappa shape index (κ1) is 33.9. The molecule has 0 spiro atoms. The maximum absolute atomic E-state index is 14.2. The van der Waals surface area contributed by atoms with Gasteiger partial charge in [-0.15, -0.1) is 0 Å². The number of benzene rings is 3. The van der Waals surface area contributed by atoms with Crippen LogP contribution in [0.15, 0.2) is 81.7 Å². The van der Waals surface area contributed by atoms with Crippen molar-refractivity contribution in [3.8, 4) is 23.0 Å². The standard InChI is InChI=1S/C35H35N3O9S/c1-6-44-28-18-23(14-17-26(28)47-20-22-12-15-24(16-13-22)38(41)42)19-29-33(39)37-31(25-10-9-11-27(43-5)32(25)45-7-2)30(34(40)46-8-3)21(4)36-35(37)48-29/h9-19,31H,6-8,20H2,1-5H3/b29-19+/t31-/m1/s1.